The molecule has 0 saturated carbocycles. The van der Waals surface area contributed by atoms with Crippen molar-refractivity contribution >= 4 is 11.9 Å². The molecule has 0 saturated heterocycles. The highest BCUT2D eigenvalue weighted by Gasteiger charge is 2.23. The zero-order valence-electron chi connectivity index (χ0n) is 11.6. The van der Waals surface area contributed by atoms with Gasteiger partial charge in [0.1, 0.15) is 6.04 Å². The fourth-order valence-electron chi connectivity index (χ4n) is 1.88. The zero-order valence-corrected chi connectivity index (χ0v) is 11.6. The van der Waals surface area contributed by atoms with Crippen LogP contribution >= 0.6 is 0 Å². The Bertz CT molecular complexity index is 454. The number of carbonyl (C=O) groups excluding carboxylic acids is 1. The molecule has 0 aromatic heterocycles. The van der Waals surface area contributed by atoms with Crippen LogP contribution in [0.4, 0.5) is 0 Å². The monoisotopic (exact) mass is 263 g/mol. The number of hydrogen-bond acceptors (Lipinski definition) is 2. The van der Waals surface area contributed by atoms with E-state index in [1.165, 1.54) is 5.56 Å². The van der Waals surface area contributed by atoms with Crippen LogP contribution in [-0.4, -0.2) is 23.0 Å². The summed E-state index contributed by atoms with van der Waals surface area (Å²) in [4.78, 5) is 22.9. The first-order valence-electron chi connectivity index (χ1n) is 6.54. The fraction of sp³-hybridized carbons (Fsp3) is 0.467. The number of carboxylic acid groups (broad SMARTS) is 1. The number of rotatable bonds is 6. The molecule has 1 aromatic carbocycles. The van der Waals surface area contributed by atoms with Crippen LogP contribution < -0.4 is 5.32 Å². The minimum Gasteiger partial charge on any atom is -0.480 e. The Morgan fingerprint density at radius 3 is 2.42 bits per heavy atom. The zero-order chi connectivity index (χ0) is 14.4. The second-order valence-corrected chi connectivity index (χ2v) is 4.98. The quantitative estimate of drug-likeness (QED) is 0.825. The minimum atomic E-state index is -0.995. The average Bonchev–Trinajstić information content (AvgIpc) is 2.35. The van der Waals surface area contributed by atoms with Crippen LogP contribution in [-0.2, 0) is 22.4 Å². The van der Waals surface area contributed by atoms with Crippen molar-refractivity contribution in [2.75, 3.05) is 0 Å². The summed E-state index contributed by atoms with van der Waals surface area (Å²) < 4.78 is 0. The molecule has 4 nitrogen and oxygen atoms in total. The molecule has 1 atom stereocenters. The first-order chi connectivity index (χ1) is 8.93. The van der Waals surface area contributed by atoms with Gasteiger partial charge in [0.05, 0.1) is 6.42 Å². The number of aliphatic carboxylic acids is 1. The lowest BCUT2D eigenvalue weighted by Gasteiger charge is -2.17. The molecule has 0 spiro atoms. The Morgan fingerprint density at radius 1 is 1.26 bits per heavy atom. The standard InChI is InChI=1S/C15H21NO3/c1-4-11-6-5-7-12(8-11)9-13(17)16-14(10(2)3)15(18)19/h5-8,10,14H,4,9H2,1-3H3,(H,16,17)(H,18,19)/t14-/m1/s1. The van der Waals surface area contributed by atoms with E-state index in [0.29, 0.717) is 0 Å². The Balaban J connectivity index is 2.66. The summed E-state index contributed by atoms with van der Waals surface area (Å²) >= 11 is 0. The summed E-state index contributed by atoms with van der Waals surface area (Å²) in [5, 5.41) is 11.6. The normalized spacial score (nSPS) is 12.2. The Morgan fingerprint density at radius 2 is 1.89 bits per heavy atom. The Labute approximate surface area is 113 Å². The average molecular weight is 263 g/mol. The molecule has 4 heteroatoms. The summed E-state index contributed by atoms with van der Waals surface area (Å²) in [6.45, 7) is 5.60. The summed E-state index contributed by atoms with van der Waals surface area (Å²) in [6.07, 6.45) is 1.13. The van der Waals surface area contributed by atoms with Crippen molar-refractivity contribution in [2.24, 2.45) is 5.92 Å². The summed E-state index contributed by atoms with van der Waals surface area (Å²) in [5.41, 5.74) is 2.08. The molecule has 0 bridgehead atoms. The molecule has 104 valence electrons. The van der Waals surface area contributed by atoms with E-state index in [4.69, 9.17) is 5.11 Å². The molecule has 1 aromatic rings. The van der Waals surface area contributed by atoms with Gasteiger partial charge in [0.15, 0.2) is 0 Å². The lowest BCUT2D eigenvalue weighted by molar-refractivity contribution is -0.143. The molecule has 2 N–H and O–H groups in total. The van der Waals surface area contributed by atoms with Crippen LogP contribution in [0.1, 0.15) is 31.9 Å². The molecular weight excluding hydrogens is 242 g/mol. The van der Waals surface area contributed by atoms with Gasteiger partial charge in [0, 0.05) is 0 Å². The summed E-state index contributed by atoms with van der Waals surface area (Å²) in [6, 6.07) is 6.95. The van der Waals surface area contributed by atoms with Crippen molar-refractivity contribution in [1.82, 2.24) is 5.32 Å². The van der Waals surface area contributed by atoms with Crippen LogP contribution in [0, 0.1) is 5.92 Å². The van der Waals surface area contributed by atoms with E-state index in [-0.39, 0.29) is 18.2 Å². The maximum absolute atomic E-state index is 11.9. The number of amides is 1. The molecule has 0 heterocycles. The number of nitrogens with one attached hydrogen (secondary N) is 1. The van der Waals surface area contributed by atoms with Gasteiger partial charge in [-0.05, 0) is 23.5 Å². The van der Waals surface area contributed by atoms with E-state index in [1.807, 2.05) is 24.3 Å². The molecule has 19 heavy (non-hydrogen) atoms. The van der Waals surface area contributed by atoms with Gasteiger partial charge in [0.25, 0.3) is 0 Å². The van der Waals surface area contributed by atoms with Gasteiger partial charge in [-0.15, -0.1) is 0 Å². The molecular formula is C15H21NO3. The highest BCUT2D eigenvalue weighted by molar-refractivity contribution is 5.85. The summed E-state index contributed by atoms with van der Waals surface area (Å²) in [5.74, 6) is -1.39. The van der Waals surface area contributed by atoms with Crippen LogP contribution in [0.5, 0.6) is 0 Å². The predicted octanol–water partition coefficient (Wildman–Crippen LogP) is 2.02. The van der Waals surface area contributed by atoms with E-state index in [0.717, 1.165) is 12.0 Å². The second kappa shape index (κ2) is 6.92. The van der Waals surface area contributed by atoms with E-state index in [9.17, 15) is 9.59 Å². The molecule has 0 aliphatic rings. The molecule has 1 amide bonds. The lowest BCUT2D eigenvalue weighted by atomic mass is 10.0. The largest absolute Gasteiger partial charge is 0.480 e. The number of benzene rings is 1. The van der Waals surface area contributed by atoms with E-state index in [2.05, 4.69) is 12.2 Å². The van der Waals surface area contributed by atoms with Crippen molar-refractivity contribution < 1.29 is 14.7 Å². The first kappa shape index (κ1) is 15.2. The molecule has 0 fully saturated rings. The molecule has 0 aliphatic carbocycles. The minimum absolute atomic E-state index is 0.136. The fourth-order valence-corrected chi connectivity index (χ4v) is 1.88. The third kappa shape index (κ3) is 4.73. The number of aryl methyl sites for hydroxylation is 1. The van der Waals surface area contributed by atoms with Crippen molar-refractivity contribution in [1.29, 1.82) is 0 Å². The SMILES string of the molecule is CCc1cccc(CC(=O)N[C@@H](C(=O)O)C(C)C)c1. The molecule has 0 radical (unpaired) electrons. The topological polar surface area (TPSA) is 66.4 Å². The van der Waals surface area contributed by atoms with Gasteiger partial charge < -0.3 is 10.4 Å². The number of carbonyl (C=O) groups is 2. The smallest absolute Gasteiger partial charge is 0.326 e. The third-order valence-electron chi connectivity index (χ3n) is 3.01. The molecule has 0 unspecified atom stereocenters. The third-order valence-corrected chi connectivity index (χ3v) is 3.01. The Hall–Kier alpha value is -1.84. The van der Waals surface area contributed by atoms with Crippen LogP contribution in [0.2, 0.25) is 0 Å². The van der Waals surface area contributed by atoms with E-state index < -0.39 is 12.0 Å². The predicted molar refractivity (Wildman–Crippen MR) is 73.9 cm³/mol. The van der Waals surface area contributed by atoms with Crippen LogP contribution in [0.15, 0.2) is 24.3 Å². The van der Waals surface area contributed by atoms with Gasteiger partial charge >= 0.3 is 5.97 Å². The van der Waals surface area contributed by atoms with Crippen molar-refractivity contribution in [2.45, 2.75) is 39.7 Å². The highest BCUT2D eigenvalue weighted by Crippen LogP contribution is 2.08. The number of carboxylic acids is 1. The van der Waals surface area contributed by atoms with Crippen molar-refractivity contribution in [3.8, 4) is 0 Å². The van der Waals surface area contributed by atoms with Crippen molar-refractivity contribution in [3.05, 3.63) is 35.4 Å². The highest BCUT2D eigenvalue weighted by atomic mass is 16.4. The second-order valence-electron chi connectivity index (χ2n) is 4.98. The molecule has 0 aliphatic heterocycles. The maximum Gasteiger partial charge on any atom is 0.326 e. The maximum atomic E-state index is 11.9. The van der Waals surface area contributed by atoms with Gasteiger partial charge in [-0.1, -0.05) is 45.0 Å². The van der Waals surface area contributed by atoms with E-state index >= 15 is 0 Å². The first-order valence-corrected chi connectivity index (χ1v) is 6.54. The van der Waals surface area contributed by atoms with Crippen LogP contribution in [0.25, 0.3) is 0 Å². The van der Waals surface area contributed by atoms with Crippen molar-refractivity contribution in [3.63, 3.8) is 0 Å². The van der Waals surface area contributed by atoms with Gasteiger partial charge in [-0.3, -0.25) is 4.79 Å². The summed E-state index contributed by atoms with van der Waals surface area (Å²) in [7, 11) is 0. The van der Waals surface area contributed by atoms with Crippen LogP contribution in [0.3, 0.4) is 0 Å². The lowest BCUT2D eigenvalue weighted by Crippen LogP contribution is -2.44. The van der Waals surface area contributed by atoms with Gasteiger partial charge in [-0.25, -0.2) is 4.79 Å². The molecule has 1 rings (SSSR count). The van der Waals surface area contributed by atoms with Gasteiger partial charge in [0.2, 0.25) is 5.91 Å². The number of hydrogen-bond donors (Lipinski definition) is 2. The van der Waals surface area contributed by atoms with E-state index in [1.54, 1.807) is 13.8 Å². The van der Waals surface area contributed by atoms with Gasteiger partial charge in [-0.2, -0.15) is 0 Å². The Kier molecular flexibility index (Phi) is 5.55.